The second-order valence-corrected chi connectivity index (χ2v) is 7.66. The van der Waals surface area contributed by atoms with Crippen LogP contribution in [0.4, 0.5) is 5.69 Å². The van der Waals surface area contributed by atoms with Crippen molar-refractivity contribution in [2.45, 2.75) is 24.3 Å². The largest absolute Gasteiger partial charge is 0.326 e. The fourth-order valence-electron chi connectivity index (χ4n) is 2.85. The first kappa shape index (κ1) is 16.2. The molecule has 0 saturated carbocycles. The molecule has 0 bridgehead atoms. The predicted octanol–water partition coefficient (Wildman–Crippen LogP) is 3.94. The Morgan fingerprint density at radius 3 is 3.08 bits per heavy atom. The van der Waals surface area contributed by atoms with E-state index in [0.29, 0.717) is 17.7 Å². The van der Waals surface area contributed by atoms with Crippen LogP contribution >= 0.6 is 23.1 Å². The van der Waals surface area contributed by atoms with E-state index in [2.05, 4.69) is 15.3 Å². The molecule has 0 fully saturated rings. The Balaban J connectivity index is 1.51. The van der Waals surface area contributed by atoms with Gasteiger partial charge in [0.2, 0.25) is 5.91 Å². The summed E-state index contributed by atoms with van der Waals surface area (Å²) in [6.07, 6.45) is 3.68. The number of fused-ring (bicyclic) bond motifs is 2. The molecule has 7 heteroatoms. The molecule has 0 unspecified atom stereocenters. The monoisotopic (exact) mass is 369 g/mol. The summed E-state index contributed by atoms with van der Waals surface area (Å²) < 4.78 is 0. The number of rotatable bonds is 4. The molecular formula is C18H15N3O2S2. The van der Waals surface area contributed by atoms with E-state index in [1.807, 2.05) is 23.6 Å². The maximum absolute atomic E-state index is 12.6. The van der Waals surface area contributed by atoms with E-state index in [4.69, 9.17) is 0 Å². The van der Waals surface area contributed by atoms with Gasteiger partial charge in [-0.2, -0.15) is 0 Å². The summed E-state index contributed by atoms with van der Waals surface area (Å²) in [6, 6.07) is 7.51. The summed E-state index contributed by atoms with van der Waals surface area (Å²) >= 11 is 3.00. The lowest BCUT2D eigenvalue weighted by molar-refractivity contribution is -0.116. The molecule has 3 aromatic rings. The molecule has 0 radical (unpaired) electrons. The van der Waals surface area contributed by atoms with Crippen molar-refractivity contribution in [1.82, 2.24) is 9.97 Å². The van der Waals surface area contributed by atoms with Crippen LogP contribution in [0, 0.1) is 0 Å². The predicted molar refractivity (Wildman–Crippen MR) is 100 cm³/mol. The number of carbonyl (C=O) groups excluding carboxylic acids is 2. The fourth-order valence-corrected chi connectivity index (χ4v) is 4.52. The average Bonchev–Trinajstić information content (AvgIpc) is 3.02. The molecule has 126 valence electrons. The molecule has 1 aromatic carbocycles. The minimum absolute atomic E-state index is 0.0388. The van der Waals surface area contributed by atoms with Crippen molar-refractivity contribution in [3.63, 3.8) is 0 Å². The van der Waals surface area contributed by atoms with Crippen LogP contribution in [0.2, 0.25) is 0 Å². The summed E-state index contributed by atoms with van der Waals surface area (Å²) in [6.45, 7) is 0. The Morgan fingerprint density at radius 1 is 1.24 bits per heavy atom. The minimum Gasteiger partial charge on any atom is -0.326 e. The van der Waals surface area contributed by atoms with Crippen LogP contribution in [-0.2, 0) is 11.2 Å². The number of thiophene rings is 1. The molecule has 1 N–H and O–H groups in total. The van der Waals surface area contributed by atoms with Crippen LogP contribution in [0.25, 0.3) is 10.2 Å². The van der Waals surface area contributed by atoms with Crippen LogP contribution in [0.1, 0.15) is 28.8 Å². The summed E-state index contributed by atoms with van der Waals surface area (Å²) in [5.41, 5.74) is 2.53. The van der Waals surface area contributed by atoms with Crippen LogP contribution in [0.3, 0.4) is 0 Å². The highest BCUT2D eigenvalue weighted by Gasteiger charge is 2.16. The van der Waals surface area contributed by atoms with Crippen molar-refractivity contribution < 1.29 is 9.59 Å². The van der Waals surface area contributed by atoms with Gasteiger partial charge in [0.15, 0.2) is 5.78 Å². The molecule has 2 aromatic heterocycles. The van der Waals surface area contributed by atoms with Crippen molar-refractivity contribution in [1.29, 1.82) is 0 Å². The van der Waals surface area contributed by atoms with E-state index < -0.39 is 0 Å². The third kappa shape index (κ3) is 3.43. The highest BCUT2D eigenvalue weighted by Crippen LogP contribution is 2.29. The van der Waals surface area contributed by atoms with E-state index >= 15 is 0 Å². The van der Waals surface area contributed by atoms with Crippen LogP contribution < -0.4 is 5.32 Å². The lowest BCUT2D eigenvalue weighted by Gasteiger charge is -2.09. The lowest BCUT2D eigenvalue weighted by Crippen LogP contribution is -2.10. The van der Waals surface area contributed by atoms with Gasteiger partial charge < -0.3 is 5.32 Å². The molecule has 1 amide bonds. The Kier molecular flexibility index (Phi) is 4.50. The van der Waals surface area contributed by atoms with Gasteiger partial charge in [-0.3, -0.25) is 9.59 Å². The highest BCUT2D eigenvalue weighted by atomic mass is 32.2. The summed E-state index contributed by atoms with van der Waals surface area (Å²) in [5.74, 6) is 0.426. The first-order valence-electron chi connectivity index (χ1n) is 7.98. The summed E-state index contributed by atoms with van der Waals surface area (Å²) in [5, 5.41) is 6.70. The number of nitrogens with zero attached hydrogens (tertiary/aromatic N) is 2. The standard InChI is InChI=1S/C18H15N3O2S2/c22-15(9-25-18-13-6-7-24-17(13)19-10-20-18)12-4-5-14-11(8-12)2-1-3-16(23)21-14/h4-8,10H,1-3,9H2,(H,21,23). The Labute approximate surface area is 152 Å². The van der Waals surface area contributed by atoms with Gasteiger partial charge in [-0.1, -0.05) is 11.8 Å². The molecule has 1 aliphatic rings. The third-order valence-electron chi connectivity index (χ3n) is 4.12. The van der Waals surface area contributed by atoms with E-state index in [-0.39, 0.29) is 11.7 Å². The van der Waals surface area contributed by atoms with Gasteiger partial charge >= 0.3 is 0 Å². The smallest absolute Gasteiger partial charge is 0.224 e. The number of benzene rings is 1. The molecule has 4 rings (SSSR count). The minimum atomic E-state index is 0.0388. The zero-order valence-corrected chi connectivity index (χ0v) is 15.0. The van der Waals surface area contributed by atoms with Gasteiger partial charge in [-0.15, -0.1) is 11.3 Å². The van der Waals surface area contributed by atoms with Gasteiger partial charge in [-0.05, 0) is 48.1 Å². The number of amides is 1. The first-order chi connectivity index (χ1) is 12.2. The SMILES string of the molecule is O=C1CCCc2cc(C(=O)CSc3ncnc4sccc34)ccc2N1. The van der Waals surface area contributed by atoms with Gasteiger partial charge in [-0.25, -0.2) is 9.97 Å². The number of aryl methyl sites for hydroxylation is 1. The van der Waals surface area contributed by atoms with Gasteiger partial charge in [0.1, 0.15) is 16.2 Å². The number of thioether (sulfide) groups is 1. The molecule has 5 nitrogen and oxygen atoms in total. The Morgan fingerprint density at radius 2 is 2.16 bits per heavy atom. The number of anilines is 1. The van der Waals surface area contributed by atoms with Crippen LogP contribution in [0.5, 0.6) is 0 Å². The van der Waals surface area contributed by atoms with E-state index in [0.717, 1.165) is 39.3 Å². The number of Topliss-reactive ketones (excluding diaryl/α,β-unsaturated/α-hetero) is 1. The van der Waals surface area contributed by atoms with Gasteiger partial charge in [0, 0.05) is 23.1 Å². The van der Waals surface area contributed by atoms with Crippen LogP contribution in [0.15, 0.2) is 41.0 Å². The highest BCUT2D eigenvalue weighted by molar-refractivity contribution is 8.00. The quantitative estimate of drug-likeness (QED) is 0.428. The van der Waals surface area contributed by atoms with Crippen molar-refractivity contribution in [3.8, 4) is 0 Å². The van der Waals surface area contributed by atoms with Gasteiger partial charge in [0.25, 0.3) is 0 Å². The molecule has 1 aliphatic heterocycles. The zero-order chi connectivity index (χ0) is 17.2. The average molecular weight is 369 g/mol. The normalized spacial score (nSPS) is 14.0. The maximum atomic E-state index is 12.6. The third-order valence-corrected chi connectivity index (χ3v) is 5.94. The van der Waals surface area contributed by atoms with Crippen molar-refractivity contribution in [2.75, 3.05) is 11.1 Å². The number of ketones is 1. The Bertz CT molecular complexity index is 968. The van der Waals surface area contributed by atoms with Crippen molar-refractivity contribution in [2.24, 2.45) is 0 Å². The first-order valence-corrected chi connectivity index (χ1v) is 9.84. The van der Waals surface area contributed by atoms with E-state index in [9.17, 15) is 9.59 Å². The van der Waals surface area contributed by atoms with E-state index in [1.165, 1.54) is 18.1 Å². The van der Waals surface area contributed by atoms with Crippen molar-refractivity contribution in [3.05, 3.63) is 47.1 Å². The van der Waals surface area contributed by atoms with E-state index in [1.54, 1.807) is 17.4 Å². The van der Waals surface area contributed by atoms with Crippen LogP contribution in [-0.4, -0.2) is 27.4 Å². The molecule has 3 heterocycles. The topological polar surface area (TPSA) is 72.0 Å². The fraction of sp³-hybridized carbons (Fsp3) is 0.222. The Hall–Kier alpha value is -2.25. The van der Waals surface area contributed by atoms with Crippen molar-refractivity contribution >= 4 is 50.7 Å². The lowest BCUT2D eigenvalue weighted by atomic mass is 10.0. The number of nitrogens with one attached hydrogen (secondary N) is 1. The molecule has 0 saturated heterocycles. The number of hydrogen-bond acceptors (Lipinski definition) is 6. The molecule has 0 spiro atoms. The molecule has 0 aliphatic carbocycles. The summed E-state index contributed by atoms with van der Waals surface area (Å²) in [7, 11) is 0. The zero-order valence-electron chi connectivity index (χ0n) is 13.3. The van der Waals surface area contributed by atoms with Gasteiger partial charge in [0.05, 0.1) is 5.75 Å². The maximum Gasteiger partial charge on any atom is 0.224 e. The number of carbonyl (C=O) groups is 2. The molecular weight excluding hydrogens is 354 g/mol. The second kappa shape index (κ2) is 6.93. The second-order valence-electron chi connectivity index (χ2n) is 5.80. The summed E-state index contributed by atoms with van der Waals surface area (Å²) in [4.78, 5) is 33.7. The molecule has 0 atom stereocenters. The number of hydrogen-bond donors (Lipinski definition) is 1. The molecule has 25 heavy (non-hydrogen) atoms. The number of aromatic nitrogens is 2.